The van der Waals surface area contributed by atoms with E-state index in [1.54, 1.807) is 0 Å². The molecule has 1 aliphatic carbocycles. The number of nitrogens with two attached hydrogens (primary N) is 1. The molecule has 1 aliphatic heterocycles. The van der Waals surface area contributed by atoms with Crippen LogP contribution in [0.15, 0.2) is 0 Å². The van der Waals surface area contributed by atoms with Crippen LogP contribution in [0, 0.1) is 5.92 Å². The Morgan fingerprint density at radius 1 is 1.38 bits per heavy atom. The first-order chi connectivity index (χ1) is 6.22. The van der Waals surface area contributed by atoms with Crippen LogP contribution in [0.4, 0.5) is 0 Å². The summed E-state index contributed by atoms with van der Waals surface area (Å²) in [5.41, 5.74) is 5.95. The van der Waals surface area contributed by atoms with Gasteiger partial charge in [-0.05, 0) is 32.1 Å². The van der Waals surface area contributed by atoms with Crippen LogP contribution in [-0.4, -0.2) is 29.6 Å². The molecule has 2 heteroatoms. The maximum atomic E-state index is 5.95. The number of piperidine rings is 1. The Balaban J connectivity index is 1.86. The molecular weight excluding hydrogens is 160 g/mol. The zero-order chi connectivity index (χ0) is 9.42. The minimum Gasteiger partial charge on any atom is -0.328 e. The molecule has 0 bridgehead atoms. The summed E-state index contributed by atoms with van der Waals surface area (Å²) in [6, 6.07) is 2.10. The van der Waals surface area contributed by atoms with E-state index in [9.17, 15) is 0 Å². The molecule has 1 saturated heterocycles. The van der Waals surface area contributed by atoms with Crippen molar-refractivity contribution in [1.82, 2.24) is 4.90 Å². The number of likely N-dealkylation sites (tertiary alicyclic amines) is 1. The summed E-state index contributed by atoms with van der Waals surface area (Å²) in [6.45, 7) is 5.89. The standard InChI is InChI=1S/C11H22N2/c1-3-9-7-11(9)13-5-4-10(12)6-8(13)2/h8-11H,3-7,12H2,1-2H3. The highest BCUT2D eigenvalue weighted by atomic mass is 15.2. The molecule has 4 atom stereocenters. The molecule has 0 aromatic rings. The van der Waals surface area contributed by atoms with E-state index in [4.69, 9.17) is 5.73 Å². The molecule has 0 amide bonds. The fourth-order valence-corrected chi connectivity index (χ4v) is 2.80. The van der Waals surface area contributed by atoms with Crippen molar-refractivity contribution in [2.45, 2.75) is 57.7 Å². The molecule has 2 N–H and O–H groups in total. The van der Waals surface area contributed by atoms with E-state index in [0.29, 0.717) is 6.04 Å². The second kappa shape index (κ2) is 3.58. The van der Waals surface area contributed by atoms with E-state index in [1.165, 1.54) is 32.2 Å². The fraction of sp³-hybridized carbons (Fsp3) is 1.00. The molecule has 0 radical (unpaired) electrons. The first-order valence-corrected chi connectivity index (χ1v) is 5.73. The largest absolute Gasteiger partial charge is 0.328 e. The van der Waals surface area contributed by atoms with Gasteiger partial charge in [0.1, 0.15) is 0 Å². The van der Waals surface area contributed by atoms with Gasteiger partial charge in [0.05, 0.1) is 0 Å². The van der Waals surface area contributed by atoms with E-state index < -0.39 is 0 Å². The maximum absolute atomic E-state index is 5.95. The maximum Gasteiger partial charge on any atom is 0.0130 e. The van der Waals surface area contributed by atoms with Crippen molar-refractivity contribution in [2.75, 3.05) is 6.54 Å². The average molecular weight is 182 g/mol. The lowest BCUT2D eigenvalue weighted by Crippen LogP contribution is -2.46. The van der Waals surface area contributed by atoms with Gasteiger partial charge in [0, 0.05) is 24.7 Å². The summed E-state index contributed by atoms with van der Waals surface area (Å²) in [6.07, 6.45) is 5.21. The van der Waals surface area contributed by atoms with Crippen molar-refractivity contribution in [3.63, 3.8) is 0 Å². The molecule has 1 heterocycles. The lowest BCUT2D eigenvalue weighted by molar-refractivity contribution is 0.132. The zero-order valence-electron chi connectivity index (χ0n) is 8.87. The highest BCUT2D eigenvalue weighted by molar-refractivity contribution is 4.98. The number of nitrogens with zero attached hydrogens (tertiary/aromatic N) is 1. The average Bonchev–Trinajstić information content (AvgIpc) is 2.83. The molecule has 13 heavy (non-hydrogen) atoms. The van der Waals surface area contributed by atoms with Gasteiger partial charge < -0.3 is 5.73 Å². The van der Waals surface area contributed by atoms with Gasteiger partial charge >= 0.3 is 0 Å². The van der Waals surface area contributed by atoms with Crippen LogP contribution in [-0.2, 0) is 0 Å². The normalized spacial score (nSPS) is 46.4. The van der Waals surface area contributed by atoms with Gasteiger partial charge in [-0.25, -0.2) is 0 Å². The first-order valence-electron chi connectivity index (χ1n) is 5.73. The summed E-state index contributed by atoms with van der Waals surface area (Å²) in [5, 5.41) is 0. The summed E-state index contributed by atoms with van der Waals surface area (Å²) in [4.78, 5) is 2.69. The lowest BCUT2D eigenvalue weighted by Gasteiger charge is -2.36. The van der Waals surface area contributed by atoms with Crippen LogP contribution in [0.25, 0.3) is 0 Å². The third kappa shape index (κ3) is 1.89. The predicted molar refractivity (Wildman–Crippen MR) is 55.6 cm³/mol. The number of rotatable bonds is 2. The molecular formula is C11H22N2. The fourth-order valence-electron chi connectivity index (χ4n) is 2.80. The Bertz CT molecular complexity index is 179. The molecule has 2 fully saturated rings. The van der Waals surface area contributed by atoms with Gasteiger partial charge in [-0.15, -0.1) is 0 Å². The van der Waals surface area contributed by atoms with Gasteiger partial charge in [0.25, 0.3) is 0 Å². The monoisotopic (exact) mass is 182 g/mol. The molecule has 2 rings (SSSR count). The van der Waals surface area contributed by atoms with Gasteiger partial charge in [-0.2, -0.15) is 0 Å². The Morgan fingerprint density at radius 3 is 2.69 bits per heavy atom. The van der Waals surface area contributed by atoms with Crippen LogP contribution in [0.3, 0.4) is 0 Å². The van der Waals surface area contributed by atoms with E-state index in [2.05, 4.69) is 18.7 Å². The molecule has 0 aromatic heterocycles. The second-order valence-electron chi connectivity index (χ2n) is 4.84. The molecule has 2 nitrogen and oxygen atoms in total. The molecule has 0 aromatic carbocycles. The minimum atomic E-state index is 0.463. The van der Waals surface area contributed by atoms with Crippen LogP contribution in [0.2, 0.25) is 0 Å². The lowest BCUT2D eigenvalue weighted by atomic mass is 9.99. The quantitative estimate of drug-likeness (QED) is 0.703. The van der Waals surface area contributed by atoms with E-state index in [0.717, 1.165) is 18.0 Å². The predicted octanol–water partition coefficient (Wildman–Crippen LogP) is 1.60. The van der Waals surface area contributed by atoms with Crippen molar-refractivity contribution in [1.29, 1.82) is 0 Å². The topological polar surface area (TPSA) is 29.3 Å². The smallest absolute Gasteiger partial charge is 0.0130 e. The molecule has 76 valence electrons. The van der Waals surface area contributed by atoms with Crippen molar-refractivity contribution in [3.8, 4) is 0 Å². The highest BCUT2D eigenvalue weighted by Crippen LogP contribution is 2.40. The van der Waals surface area contributed by atoms with E-state index >= 15 is 0 Å². The summed E-state index contributed by atoms with van der Waals surface area (Å²) < 4.78 is 0. The zero-order valence-corrected chi connectivity index (χ0v) is 8.87. The number of hydrogen-bond acceptors (Lipinski definition) is 2. The SMILES string of the molecule is CCC1CC1N1CCC(N)CC1C. The van der Waals surface area contributed by atoms with Gasteiger partial charge in [-0.1, -0.05) is 13.3 Å². The van der Waals surface area contributed by atoms with Crippen molar-refractivity contribution in [2.24, 2.45) is 11.7 Å². The van der Waals surface area contributed by atoms with Crippen molar-refractivity contribution < 1.29 is 0 Å². The van der Waals surface area contributed by atoms with Crippen molar-refractivity contribution in [3.05, 3.63) is 0 Å². The minimum absolute atomic E-state index is 0.463. The van der Waals surface area contributed by atoms with E-state index in [-0.39, 0.29) is 0 Å². The molecule has 1 saturated carbocycles. The summed E-state index contributed by atoms with van der Waals surface area (Å²) in [7, 11) is 0. The van der Waals surface area contributed by atoms with Crippen LogP contribution < -0.4 is 5.73 Å². The Kier molecular flexibility index (Phi) is 2.61. The van der Waals surface area contributed by atoms with Crippen LogP contribution in [0.1, 0.15) is 39.5 Å². The summed E-state index contributed by atoms with van der Waals surface area (Å²) >= 11 is 0. The second-order valence-corrected chi connectivity index (χ2v) is 4.84. The first kappa shape index (κ1) is 9.47. The number of hydrogen-bond donors (Lipinski definition) is 1. The Labute approximate surface area is 81.5 Å². The summed E-state index contributed by atoms with van der Waals surface area (Å²) in [5.74, 6) is 0.997. The molecule has 0 spiro atoms. The van der Waals surface area contributed by atoms with Crippen LogP contribution >= 0.6 is 0 Å². The Hall–Kier alpha value is -0.0800. The van der Waals surface area contributed by atoms with Gasteiger partial charge in [-0.3, -0.25) is 4.90 Å². The third-order valence-electron chi connectivity index (χ3n) is 3.80. The van der Waals surface area contributed by atoms with Gasteiger partial charge in [0.15, 0.2) is 0 Å². The van der Waals surface area contributed by atoms with Crippen LogP contribution in [0.5, 0.6) is 0 Å². The molecule has 4 unspecified atom stereocenters. The Morgan fingerprint density at radius 2 is 2.15 bits per heavy atom. The van der Waals surface area contributed by atoms with E-state index in [1.807, 2.05) is 0 Å². The van der Waals surface area contributed by atoms with Gasteiger partial charge in [0.2, 0.25) is 0 Å². The highest BCUT2D eigenvalue weighted by Gasteiger charge is 2.43. The molecule has 2 aliphatic rings. The third-order valence-corrected chi connectivity index (χ3v) is 3.80. The van der Waals surface area contributed by atoms with Crippen molar-refractivity contribution >= 4 is 0 Å².